The van der Waals surface area contributed by atoms with E-state index in [0.29, 0.717) is 13.0 Å². The van der Waals surface area contributed by atoms with Crippen LogP contribution in [0, 0.1) is 0 Å². The molecule has 0 heterocycles. The van der Waals surface area contributed by atoms with Crippen LogP contribution in [0.4, 0.5) is 0 Å². The molecule has 0 radical (unpaired) electrons. The van der Waals surface area contributed by atoms with E-state index in [9.17, 15) is 4.79 Å². The summed E-state index contributed by atoms with van der Waals surface area (Å²) in [5.41, 5.74) is 6.46. The summed E-state index contributed by atoms with van der Waals surface area (Å²) in [7, 11) is 1.64. The van der Waals surface area contributed by atoms with Crippen molar-refractivity contribution in [3.63, 3.8) is 0 Å². The molecule has 0 aliphatic heterocycles. The van der Waals surface area contributed by atoms with Crippen LogP contribution in [-0.4, -0.2) is 19.6 Å². The minimum absolute atomic E-state index is 0.0151. The number of amides is 1. The summed E-state index contributed by atoms with van der Waals surface area (Å²) in [6.45, 7) is 2.62. The SMILES string of the molecule is COc1ccc(C(C)NC(=O)CCCCN)cc1. The van der Waals surface area contributed by atoms with Crippen molar-refractivity contribution in [1.82, 2.24) is 5.32 Å². The van der Waals surface area contributed by atoms with Gasteiger partial charge in [-0.25, -0.2) is 0 Å². The molecule has 1 unspecified atom stereocenters. The number of rotatable bonds is 7. The third-order valence-electron chi connectivity index (χ3n) is 2.85. The molecule has 0 saturated heterocycles. The number of unbranched alkanes of at least 4 members (excludes halogenated alkanes) is 1. The molecule has 1 amide bonds. The lowest BCUT2D eigenvalue weighted by Crippen LogP contribution is -2.26. The highest BCUT2D eigenvalue weighted by Gasteiger charge is 2.09. The second kappa shape index (κ2) is 7.71. The van der Waals surface area contributed by atoms with Crippen molar-refractivity contribution >= 4 is 5.91 Å². The first kappa shape index (κ1) is 14.5. The van der Waals surface area contributed by atoms with Crippen LogP contribution in [0.3, 0.4) is 0 Å². The number of benzene rings is 1. The number of carbonyl (C=O) groups is 1. The lowest BCUT2D eigenvalue weighted by Gasteiger charge is -2.14. The average molecular weight is 250 g/mol. The van der Waals surface area contributed by atoms with Crippen molar-refractivity contribution in [2.45, 2.75) is 32.2 Å². The molecule has 0 fully saturated rings. The second-order valence-corrected chi connectivity index (χ2v) is 4.31. The van der Waals surface area contributed by atoms with Crippen molar-refractivity contribution in [2.24, 2.45) is 5.73 Å². The number of methoxy groups -OCH3 is 1. The fourth-order valence-corrected chi connectivity index (χ4v) is 1.72. The van der Waals surface area contributed by atoms with Crippen molar-refractivity contribution < 1.29 is 9.53 Å². The predicted octanol–water partition coefficient (Wildman–Crippen LogP) is 2.00. The van der Waals surface area contributed by atoms with Crippen LogP contribution in [0.2, 0.25) is 0 Å². The number of nitrogens with one attached hydrogen (secondary N) is 1. The summed E-state index contributed by atoms with van der Waals surface area (Å²) in [5, 5.41) is 2.97. The fourth-order valence-electron chi connectivity index (χ4n) is 1.72. The number of hydrogen-bond donors (Lipinski definition) is 2. The first-order valence-corrected chi connectivity index (χ1v) is 6.30. The molecule has 1 aromatic rings. The van der Waals surface area contributed by atoms with Gasteiger partial charge in [0.25, 0.3) is 0 Å². The van der Waals surface area contributed by atoms with Gasteiger partial charge in [0.1, 0.15) is 5.75 Å². The molecule has 4 heteroatoms. The maximum Gasteiger partial charge on any atom is 0.220 e. The van der Waals surface area contributed by atoms with E-state index in [1.165, 1.54) is 0 Å². The van der Waals surface area contributed by atoms with Crippen LogP contribution in [0.1, 0.15) is 37.8 Å². The minimum Gasteiger partial charge on any atom is -0.497 e. The van der Waals surface area contributed by atoms with Gasteiger partial charge in [0.2, 0.25) is 5.91 Å². The van der Waals surface area contributed by atoms with E-state index in [4.69, 9.17) is 10.5 Å². The Bertz CT molecular complexity index is 363. The molecule has 100 valence electrons. The zero-order chi connectivity index (χ0) is 13.4. The van der Waals surface area contributed by atoms with Crippen LogP contribution in [-0.2, 0) is 4.79 Å². The zero-order valence-electron chi connectivity index (χ0n) is 11.1. The van der Waals surface area contributed by atoms with Crippen molar-refractivity contribution in [3.8, 4) is 5.75 Å². The fraction of sp³-hybridized carbons (Fsp3) is 0.500. The van der Waals surface area contributed by atoms with Gasteiger partial charge in [-0.05, 0) is 44.0 Å². The molecule has 4 nitrogen and oxygen atoms in total. The summed E-state index contributed by atoms with van der Waals surface area (Å²) in [6, 6.07) is 7.73. The lowest BCUT2D eigenvalue weighted by atomic mass is 10.1. The zero-order valence-corrected chi connectivity index (χ0v) is 11.1. The second-order valence-electron chi connectivity index (χ2n) is 4.31. The van der Waals surface area contributed by atoms with E-state index >= 15 is 0 Å². The van der Waals surface area contributed by atoms with Gasteiger partial charge >= 0.3 is 0 Å². The van der Waals surface area contributed by atoms with Gasteiger partial charge in [-0.2, -0.15) is 0 Å². The van der Waals surface area contributed by atoms with Crippen LogP contribution in [0.5, 0.6) is 5.75 Å². The third-order valence-corrected chi connectivity index (χ3v) is 2.85. The Morgan fingerprint density at radius 1 is 1.33 bits per heavy atom. The molecular weight excluding hydrogens is 228 g/mol. The van der Waals surface area contributed by atoms with Crippen LogP contribution in [0.15, 0.2) is 24.3 Å². The van der Waals surface area contributed by atoms with Crippen LogP contribution < -0.4 is 15.8 Å². The molecule has 1 rings (SSSR count). The van der Waals surface area contributed by atoms with E-state index in [-0.39, 0.29) is 11.9 Å². The quantitative estimate of drug-likeness (QED) is 0.727. The number of nitrogens with two attached hydrogens (primary N) is 1. The maximum atomic E-state index is 11.6. The van der Waals surface area contributed by atoms with E-state index in [0.717, 1.165) is 24.2 Å². The van der Waals surface area contributed by atoms with Crippen molar-refractivity contribution in [1.29, 1.82) is 0 Å². The summed E-state index contributed by atoms with van der Waals surface area (Å²) >= 11 is 0. The van der Waals surface area contributed by atoms with E-state index in [1.807, 2.05) is 31.2 Å². The van der Waals surface area contributed by atoms with E-state index in [2.05, 4.69) is 5.32 Å². The average Bonchev–Trinajstić information content (AvgIpc) is 2.39. The summed E-state index contributed by atoms with van der Waals surface area (Å²) in [4.78, 5) is 11.6. The Labute approximate surface area is 109 Å². The Hall–Kier alpha value is -1.55. The van der Waals surface area contributed by atoms with Gasteiger partial charge in [-0.1, -0.05) is 12.1 Å². The standard InChI is InChI=1S/C14H22N2O2/c1-11(16-14(17)5-3-4-10-15)12-6-8-13(18-2)9-7-12/h6-9,11H,3-5,10,15H2,1-2H3,(H,16,17). The number of ether oxygens (including phenoxy) is 1. The molecule has 0 saturated carbocycles. The molecule has 0 aromatic heterocycles. The molecule has 1 atom stereocenters. The van der Waals surface area contributed by atoms with Crippen LogP contribution in [0.25, 0.3) is 0 Å². The first-order chi connectivity index (χ1) is 8.67. The van der Waals surface area contributed by atoms with Gasteiger partial charge in [0.05, 0.1) is 13.2 Å². The third kappa shape index (κ3) is 4.75. The molecule has 1 aromatic carbocycles. The van der Waals surface area contributed by atoms with Crippen molar-refractivity contribution in [2.75, 3.05) is 13.7 Å². The monoisotopic (exact) mass is 250 g/mol. The molecule has 18 heavy (non-hydrogen) atoms. The van der Waals surface area contributed by atoms with Crippen LogP contribution >= 0.6 is 0 Å². The van der Waals surface area contributed by atoms with Gasteiger partial charge in [0, 0.05) is 6.42 Å². The smallest absolute Gasteiger partial charge is 0.220 e. The molecule has 0 spiro atoms. The van der Waals surface area contributed by atoms with Gasteiger partial charge in [-0.15, -0.1) is 0 Å². The maximum absolute atomic E-state index is 11.6. The topological polar surface area (TPSA) is 64.3 Å². The normalized spacial score (nSPS) is 11.9. The highest BCUT2D eigenvalue weighted by Crippen LogP contribution is 2.17. The molecule has 3 N–H and O–H groups in total. The molecule has 0 bridgehead atoms. The Morgan fingerprint density at radius 3 is 2.56 bits per heavy atom. The number of hydrogen-bond acceptors (Lipinski definition) is 3. The Kier molecular flexibility index (Phi) is 6.22. The Balaban J connectivity index is 2.43. The molecular formula is C14H22N2O2. The minimum atomic E-state index is 0.0151. The first-order valence-electron chi connectivity index (χ1n) is 6.30. The summed E-state index contributed by atoms with van der Waals surface area (Å²) in [5.74, 6) is 0.895. The summed E-state index contributed by atoms with van der Waals surface area (Å²) < 4.78 is 5.10. The summed E-state index contributed by atoms with van der Waals surface area (Å²) in [6.07, 6.45) is 2.28. The van der Waals surface area contributed by atoms with E-state index in [1.54, 1.807) is 7.11 Å². The van der Waals surface area contributed by atoms with Gasteiger partial charge in [-0.3, -0.25) is 4.79 Å². The predicted molar refractivity (Wildman–Crippen MR) is 72.5 cm³/mol. The number of carbonyl (C=O) groups excluding carboxylic acids is 1. The largest absolute Gasteiger partial charge is 0.497 e. The highest BCUT2D eigenvalue weighted by atomic mass is 16.5. The van der Waals surface area contributed by atoms with Gasteiger partial charge in [0.15, 0.2) is 0 Å². The Morgan fingerprint density at radius 2 is 2.00 bits per heavy atom. The molecule has 0 aliphatic rings. The lowest BCUT2D eigenvalue weighted by molar-refractivity contribution is -0.121. The van der Waals surface area contributed by atoms with Gasteiger partial charge < -0.3 is 15.8 Å². The van der Waals surface area contributed by atoms with E-state index < -0.39 is 0 Å². The highest BCUT2D eigenvalue weighted by molar-refractivity contribution is 5.76. The van der Waals surface area contributed by atoms with Crippen molar-refractivity contribution in [3.05, 3.63) is 29.8 Å². The molecule has 0 aliphatic carbocycles.